The molecular formula is C17H17ClN2O3. The number of hydrogen-bond donors (Lipinski definition) is 2. The zero-order valence-corrected chi connectivity index (χ0v) is 13.4. The summed E-state index contributed by atoms with van der Waals surface area (Å²) in [5, 5.41) is 6.33. The minimum atomic E-state index is -0.255. The largest absolute Gasteiger partial charge is 0.454 e. The van der Waals surface area contributed by atoms with E-state index in [9.17, 15) is 4.79 Å². The van der Waals surface area contributed by atoms with Crippen molar-refractivity contribution in [3.05, 3.63) is 58.6 Å². The molecule has 23 heavy (non-hydrogen) atoms. The molecule has 2 aromatic rings. The lowest BCUT2D eigenvalue weighted by Crippen LogP contribution is -2.36. The van der Waals surface area contributed by atoms with Gasteiger partial charge in [0.1, 0.15) is 0 Å². The van der Waals surface area contributed by atoms with Crippen molar-refractivity contribution in [3.8, 4) is 11.5 Å². The van der Waals surface area contributed by atoms with Gasteiger partial charge in [-0.25, -0.2) is 4.79 Å². The van der Waals surface area contributed by atoms with Gasteiger partial charge < -0.3 is 20.1 Å². The molecule has 120 valence electrons. The fraction of sp³-hybridized carbons (Fsp3) is 0.235. The molecule has 0 unspecified atom stereocenters. The van der Waals surface area contributed by atoms with Crippen molar-refractivity contribution in [2.45, 2.75) is 19.5 Å². The molecule has 5 nitrogen and oxygen atoms in total. The lowest BCUT2D eigenvalue weighted by molar-refractivity contribution is 0.174. The predicted molar refractivity (Wildman–Crippen MR) is 87.8 cm³/mol. The molecule has 3 rings (SSSR count). The maximum atomic E-state index is 12.0. The minimum absolute atomic E-state index is 0.180. The van der Waals surface area contributed by atoms with Crippen molar-refractivity contribution >= 4 is 17.6 Å². The SMILES string of the molecule is C[C@H](NC(=O)NCc1ccc2c(c1)OCO2)c1ccccc1Cl. The van der Waals surface area contributed by atoms with Crippen molar-refractivity contribution in [2.24, 2.45) is 0 Å². The van der Waals surface area contributed by atoms with E-state index < -0.39 is 0 Å². The normalized spacial score (nSPS) is 13.5. The molecule has 1 atom stereocenters. The van der Waals surface area contributed by atoms with Gasteiger partial charge in [0, 0.05) is 11.6 Å². The molecule has 2 aromatic carbocycles. The summed E-state index contributed by atoms with van der Waals surface area (Å²) in [6.07, 6.45) is 0. The Balaban J connectivity index is 1.54. The third-order valence-electron chi connectivity index (χ3n) is 3.61. The fourth-order valence-electron chi connectivity index (χ4n) is 2.38. The number of halogens is 1. The van der Waals surface area contributed by atoms with Gasteiger partial charge in [-0.15, -0.1) is 0 Å². The summed E-state index contributed by atoms with van der Waals surface area (Å²) in [5.41, 5.74) is 1.82. The van der Waals surface area contributed by atoms with Crippen LogP contribution in [0.4, 0.5) is 4.79 Å². The van der Waals surface area contributed by atoms with Crippen LogP contribution in [0.3, 0.4) is 0 Å². The van der Waals surface area contributed by atoms with E-state index in [1.807, 2.05) is 43.3 Å². The number of benzene rings is 2. The Morgan fingerprint density at radius 1 is 1.22 bits per heavy atom. The number of rotatable bonds is 4. The van der Waals surface area contributed by atoms with Gasteiger partial charge in [0.15, 0.2) is 11.5 Å². The first kappa shape index (κ1) is 15.5. The quantitative estimate of drug-likeness (QED) is 0.898. The molecule has 0 saturated carbocycles. The Bertz CT molecular complexity index is 721. The van der Waals surface area contributed by atoms with E-state index in [2.05, 4.69) is 10.6 Å². The number of carbonyl (C=O) groups is 1. The summed E-state index contributed by atoms with van der Waals surface area (Å²) in [5.74, 6) is 1.43. The molecule has 0 bridgehead atoms. The second-order valence-electron chi connectivity index (χ2n) is 5.26. The number of amides is 2. The average molecular weight is 333 g/mol. The number of ether oxygens (including phenoxy) is 2. The van der Waals surface area contributed by atoms with E-state index in [1.54, 1.807) is 6.07 Å². The Labute approximate surface area is 139 Å². The van der Waals surface area contributed by atoms with Crippen molar-refractivity contribution in [1.82, 2.24) is 10.6 Å². The van der Waals surface area contributed by atoms with E-state index in [1.165, 1.54) is 0 Å². The van der Waals surface area contributed by atoms with Gasteiger partial charge in [-0.1, -0.05) is 35.9 Å². The van der Waals surface area contributed by atoms with Gasteiger partial charge >= 0.3 is 6.03 Å². The lowest BCUT2D eigenvalue weighted by Gasteiger charge is -2.16. The number of carbonyl (C=O) groups excluding carboxylic acids is 1. The van der Waals surface area contributed by atoms with Gasteiger partial charge in [-0.2, -0.15) is 0 Å². The van der Waals surface area contributed by atoms with Crippen LogP contribution in [0.25, 0.3) is 0 Å². The summed E-state index contributed by atoms with van der Waals surface area (Å²) in [7, 11) is 0. The molecule has 1 aliphatic heterocycles. The van der Waals surface area contributed by atoms with Crippen molar-refractivity contribution < 1.29 is 14.3 Å². The van der Waals surface area contributed by atoms with Gasteiger partial charge in [0.2, 0.25) is 6.79 Å². The van der Waals surface area contributed by atoms with Crippen molar-refractivity contribution in [2.75, 3.05) is 6.79 Å². The van der Waals surface area contributed by atoms with E-state index in [4.69, 9.17) is 21.1 Å². The minimum Gasteiger partial charge on any atom is -0.454 e. The second-order valence-corrected chi connectivity index (χ2v) is 5.67. The molecule has 2 amide bonds. The van der Waals surface area contributed by atoms with Gasteiger partial charge in [-0.05, 0) is 36.2 Å². The maximum absolute atomic E-state index is 12.0. The standard InChI is InChI=1S/C17H17ClN2O3/c1-11(13-4-2-3-5-14(13)18)20-17(21)19-9-12-6-7-15-16(8-12)23-10-22-15/h2-8,11H,9-10H2,1H3,(H2,19,20,21)/t11-/m0/s1. The summed E-state index contributed by atoms with van der Waals surface area (Å²) in [4.78, 5) is 12.0. The Morgan fingerprint density at radius 2 is 2.00 bits per heavy atom. The zero-order valence-electron chi connectivity index (χ0n) is 12.6. The van der Waals surface area contributed by atoms with Crippen LogP contribution in [-0.2, 0) is 6.54 Å². The monoisotopic (exact) mass is 332 g/mol. The van der Waals surface area contributed by atoms with E-state index in [0.29, 0.717) is 17.3 Å². The van der Waals surface area contributed by atoms with Crippen LogP contribution in [0, 0.1) is 0 Å². The Hall–Kier alpha value is -2.40. The summed E-state index contributed by atoms with van der Waals surface area (Å²) in [6, 6.07) is 12.6. The molecule has 1 heterocycles. The molecule has 0 saturated heterocycles. The molecule has 0 aliphatic carbocycles. The second kappa shape index (κ2) is 6.79. The summed E-state index contributed by atoms with van der Waals surface area (Å²) in [6.45, 7) is 2.53. The number of urea groups is 1. The van der Waals surface area contributed by atoms with Gasteiger partial charge in [0.05, 0.1) is 6.04 Å². The van der Waals surface area contributed by atoms with Crippen LogP contribution >= 0.6 is 11.6 Å². The third-order valence-corrected chi connectivity index (χ3v) is 3.95. The van der Waals surface area contributed by atoms with E-state index in [0.717, 1.165) is 16.9 Å². The molecule has 0 radical (unpaired) electrons. The molecule has 0 spiro atoms. The van der Waals surface area contributed by atoms with Crippen LogP contribution in [0.2, 0.25) is 5.02 Å². The van der Waals surface area contributed by atoms with E-state index >= 15 is 0 Å². The number of nitrogens with one attached hydrogen (secondary N) is 2. The smallest absolute Gasteiger partial charge is 0.315 e. The van der Waals surface area contributed by atoms with Gasteiger partial charge in [0.25, 0.3) is 0 Å². The Kier molecular flexibility index (Phi) is 4.57. The highest BCUT2D eigenvalue weighted by atomic mass is 35.5. The number of fused-ring (bicyclic) bond motifs is 1. The first-order valence-corrected chi connectivity index (χ1v) is 7.68. The average Bonchev–Trinajstić information content (AvgIpc) is 3.01. The highest BCUT2D eigenvalue weighted by Gasteiger charge is 2.14. The molecule has 0 aromatic heterocycles. The first-order chi connectivity index (χ1) is 11.1. The van der Waals surface area contributed by atoms with Crippen LogP contribution in [-0.4, -0.2) is 12.8 Å². The molecule has 0 fully saturated rings. The topological polar surface area (TPSA) is 59.6 Å². The summed E-state index contributed by atoms with van der Waals surface area (Å²) >= 11 is 6.13. The lowest BCUT2D eigenvalue weighted by atomic mass is 10.1. The first-order valence-electron chi connectivity index (χ1n) is 7.31. The molecular weight excluding hydrogens is 316 g/mol. The predicted octanol–water partition coefficient (Wildman–Crippen LogP) is 3.63. The maximum Gasteiger partial charge on any atom is 0.315 e. The third kappa shape index (κ3) is 3.68. The van der Waals surface area contributed by atoms with Crippen LogP contribution in [0.15, 0.2) is 42.5 Å². The Morgan fingerprint density at radius 3 is 2.83 bits per heavy atom. The van der Waals surface area contributed by atoms with Crippen LogP contribution < -0.4 is 20.1 Å². The molecule has 6 heteroatoms. The highest BCUT2D eigenvalue weighted by molar-refractivity contribution is 6.31. The van der Waals surface area contributed by atoms with Crippen molar-refractivity contribution in [1.29, 1.82) is 0 Å². The van der Waals surface area contributed by atoms with Crippen LogP contribution in [0.5, 0.6) is 11.5 Å². The molecule has 2 N–H and O–H groups in total. The zero-order chi connectivity index (χ0) is 16.2. The fourth-order valence-corrected chi connectivity index (χ4v) is 2.68. The number of hydrogen-bond acceptors (Lipinski definition) is 3. The van der Waals surface area contributed by atoms with Crippen LogP contribution in [0.1, 0.15) is 24.1 Å². The van der Waals surface area contributed by atoms with E-state index in [-0.39, 0.29) is 18.9 Å². The van der Waals surface area contributed by atoms with Crippen molar-refractivity contribution in [3.63, 3.8) is 0 Å². The highest BCUT2D eigenvalue weighted by Crippen LogP contribution is 2.32. The molecule has 1 aliphatic rings. The van der Waals surface area contributed by atoms with Gasteiger partial charge in [-0.3, -0.25) is 0 Å². The summed E-state index contributed by atoms with van der Waals surface area (Å²) < 4.78 is 10.6.